The summed E-state index contributed by atoms with van der Waals surface area (Å²) in [5, 5.41) is 0. The standard InChI is InChI=1S/C12H18N4O2/c1-8-4-3-5-9(15-8)7-16(2)12(18)10(13)6-11(14)17/h3-5,10H,6-7,13H2,1-2H3,(H2,14,17). The van der Waals surface area contributed by atoms with Gasteiger partial charge in [0.1, 0.15) is 0 Å². The number of amides is 2. The van der Waals surface area contributed by atoms with Crippen LogP contribution in [-0.4, -0.2) is 34.8 Å². The smallest absolute Gasteiger partial charge is 0.240 e. The van der Waals surface area contributed by atoms with E-state index in [0.717, 1.165) is 11.4 Å². The molecule has 1 heterocycles. The third-order valence-electron chi connectivity index (χ3n) is 2.46. The summed E-state index contributed by atoms with van der Waals surface area (Å²) in [5.41, 5.74) is 12.3. The van der Waals surface area contributed by atoms with Crippen molar-refractivity contribution in [2.24, 2.45) is 11.5 Å². The van der Waals surface area contributed by atoms with Crippen LogP contribution in [0.5, 0.6) is 0 Å². The Labute approximate surface area is 106 Å². The minimum Gasteiger partial charge on any atom is -0.370 e. The van der Waals surface area contributed by atoms with E-state index >= 15 is 0 Å². The van der Waals surface area contributed by atoms with Crippen molar-refractivity contribution in [1.29, 1.82) is 0 Å². The number of nitrogens with two attached hydrogens (primary N) is 2. The van der Waals surface area contributed by atoms with E-state index in [2.05, 4.69) is 4.98 Å². The lowest BCUT2D eigenvalue weighted by Gasteiger charge is -2.20. The third-order valence-corrected chi connectivity index (χ3v) is 2.46. The molecule has 4 N–H and O–H groups in total. The summed E-state index contributed by atoms with van der Waals surface area (Å²) in [6.45, 7) is 2.23. The Morgan fingerprint density at radius 3 is 2.67 bits per heavy atom. The molecule has 6 nitrogen and oxygen atoms in total. The summed E-state index contributed by atoms with van der Waals surface area (Å²) in [6, 6.07) is 4.69. The molecular formula is C12H18N4O2. The fourth-order valence-corrected chi connectivity index (χ4v) is 1.60. The van der Waals surface area contributed by atoms with Gasteiger partial charge in [0.05, 0.1) is 24.7 Å². The summed E-state index contributed by atoms with van der Waals surface area (Å²) < 4.78 is 0. The summed E-state index contributed by atoms with van der Waals surface area (Å²) in [4.78, 5) is 28.3. The Balaban J connectivity index is 2.62. The Kier molecular flexibility index (Phi) is 4.79. The number of hydrogen-bond donors (Lipinski definition) is 2. The largest absolute Gasteiger partial charge is 0.370 e. The van der Waals surface area contributed by atoms with Crippen molar-refractivity contribution in [2.45, 2.75) is 25.9 Å². The van der Waals surface area contributed by atoms with Gasteiger partial charge in [-0.2, -0.15) is 0 Å². The highest BCUT2D eigenvalue weighted by atomic mass is 16.2. The van der Waals surface area contributed by atoms with Gasteiger partial charge in [0.2, 0.25) is 11.8 Å². The van der Waals surface area contributed by atoms with E-state index in [1.807, 2.05) is 25.1 Å². The summed E-state index contributed by atoms with van der Waals surface area (Å²) in [6.07, 6.45) is -0.148. The van der Waals surface area contributed by atoms with Crippen LogP contribution >= 0.6 is 0 Å². The number of aromatic nitrogens is 1. The maximum absolute atomic E-state index is 11.8. The van der Waals surface area contributed by atoms with E-state index in [0.29, 0.717) is 6.54 Å². The number of rotatable bonds is 5. The summed E-state index contributed by atoms with van der Waals surface area (Å²) >= 11 is 0. The summed E-state index contributed by atoms with van der Waals surface area (Å²) in [7, 11) is 1.62. The van der Waals surface area contributed by atoms with E-state index in [1.165, 1.54) is 4.90 Å². The molecule has 1 atom stereocenters. The molecule has 0 bridgehead atoms. The van der Waals surface area contributed by atoms with E-state index in [-0.39, 0.29) is 12.3 Å². The van der Waals surface area contributed by atoms with Crippen LogP contribution in [0.2, 0.25) is 0 Å². The van der Waals surface area contributed by atoms with Crippen LogP contribution in [0.15, 0.2) is 18.2 Å². The first-order chi connectivity index (χ1) is 8.40. The number of carbonyl (C=O) groups excluding carboxylic acids is 2. The normalized spacial score (nSPS) is 11.9. The van der Waals surface area contributed by atoms with Crippen molar-refractivity contribution < 1.29 is 9.59 Å². The third kappa shape index (κ3) is 4.14. The van der Waals surface area contributed by atoms with E-state index in [4.69, 9.17) is 11.5 Å². The molecule has 0 saturated heterocycles. The molecular weight excluding hydrogens is 232 g/mol. The topological polar surface area (TPSA) is 102 Å². The molecule has 0 aliphatic carbocycles. The van der Waals surface area contributed by atoms with Gasteiger partial charge < -0.3 is 16.4 Å². The number of primary amides is 1. The molecule has 98 valence electrons. The number of carbonyl (C=O) groups is 2. The molecule has 0 radical (unpaired) electrons. The predicted molar refractivity (Wildman–Crippen MR) is 67.2 cm³/mol. The lowest BCUT2D eigenvalue weighted by molar-refractivity contribution is -0.134. The molecule has 0 aliphatic rings. The maximum atomic E-state index is 11.8. The molecule has 0 aromatic carbocycles. The van der Waals surface area contributed by atoms with Crippen LogP contribution in [-0.2, 0) is 16.1 Å². The van der Waals surface area contributed by atoms with Crippen molar-refractivity contribution in [2.75, 3.05) is 7.05 Å². The maximum Gasteiger partial charge on any atom is 0.240 e. The minimum atomic E-state index is -0.891. The second-order valence-corrected chi connectivity index (χ2v) is 4.24. The predicted octanol–water partition coefficient (Wildman–Crippen LogP) is -0.449. The quantitative estimate of drug-likeness (QED) is 0.738. The monoisotopic (exact) mass is 250 g/mol. The van der Waals surface area contributed by atoms with Crippen molar-refractivity contribution in [3.05, 3.63) is 29.6 Å². The average molecular weight is 250 g/mol. The first kappa shape index (κ1) is 14.1. The van der Waals surface area contributed by atoms with Crippen molar-refractivity contribution >= 4 is 11.8 Å². The first-order valence-electron chi connectivity index (χ1n) is 5.61. The van der Waals surface area contributed by atoms with E-state index in [1.54, 1.807) is 7.05 Å². The zero-order chi connectivity index (χ0) is 13.7. The van der Waals surface area contributed by atoms with Gasteiger partial charge in [0.15, 0.2) is 0 Å². The molecule has 2 amide bonds. The van der Waals surface area contributed by atoms with Gasteiger partial charge in [-0.05, 0) is 19.1 Å². The molecule has 0 aliphatic heterocycles. The minimum absolute atomic E-state index is 0.148. The van der Waals surface area contributed by atoms with Gasteiger partial charge >= 0.3 is 0 Å². The number of nitrogens with zero attached hydrogens (tertiary/aromatic N) is 2. The van der Waals surface area contributed by atoms with Crippen LogP contribution in [0.3, 0.4) is 0 Å². The highest BCUT2D eigenvalue weighted by molar-refractivity contribution is 5.87. The Hall–Kier alpha value is -1.95. The van der Waals surface area contributed by atoms with Gasteiger partial charge in [0, 0.05) is 12.7 Å². The number of pyridine rings is 1. The van der Waals surface area contributed by atoms with Gasteiger partial charge in [-0.3, -0.25) is 14.6 Å². The fourth-order valence-electron chi connectivity index (χ4n) is 1.60. The zero-order valence-electron chi connectivity index (χ0n) is 10.6. The van der Waals surface area contributed by atoms with Crippen LogP contribution in [0.25, 0.3) is 0 Å². The van der Waals surface area contributed by atoms with Gasteiger partial charge in [-0.1, -0.05) is 6.07 Å². The Morgan fingerprint density at radius 1 is 1.44 bits per heavy atom. The highest BCUT2D eigenvalue weighted by Crippen LogP contribution is 2.04. The first-order valence-corrected chi connectivity index (χ1v) is 5.61. The molecule has 1 rings (SSSR count). The molecule has 6 heteroatoms. The molecule has 1 unspecified atom stereocenters. The van der Waals surface area contributed by atoms with Gasteiger partial charge in [-0.15, -0.1) is 0 Å². The molecule has 0 fully saturated rings. The lowest BCUT2D eigenvalue weighted by atomic mass is 10.2. The number of likely N-dealkylation sites (N-methyl/N-ethyl adjacent to an activating group) is 1. The van der Waals surface area contributed by atoms with Crippen LogP contribution in [0.4, 0.5) is 0 Å². The van der Waals surface area contributed by atoms with Crippen molar-refractivity contribution in [3.63, 3.8) is 0 Å². The SMILES string of the molecule is Cc1cccc(CN(C)C(=O)C(N)CC(N)=O)n1. The molecule has 18 heavy (non-hydrogen) atoms. The van der Waals surface area contributed by atoms with Gasteiger partial charge in [-0.25, -0.2) is 0 Å². The number of hydrogen-bond acceptors (Lipinski definition) is 4. The molecule has 0 spiro atoms. The highest BCUT2D eigenvalue weighted by Gasteiger charge is 2.20. The zero-order valence-corrected chi connectivity index (χ0v) is 10.6. The second-order valence-electron chi connectivity index (χ2n) is 4.24. The molecule has 1 aromatic rings. The van der Waals surface area contributed by atoms with Crippen molar-refractivity contribution in [3.8, 4) is 0 Å². The van der Waals surface area contributed by atoms with Crippen LogP contribution in [0, 0.1) is 6.92 Å². The lowest BCUT2D eigenvalue weighted by Crippen LogP contribution is -2.43. The van der Waals surface area contributed by atoms with E-state index in [9.17, 15) is 9.59 Å². The molecule has 1 aromatic heterocycles. The Morgan fingerprint density at radius 2 is 2.11 bits per heavy atom. The van der Waals surface area contributed by atoms with Crippen molar-refractivity contribution in [1.82, 2.24) is 9.88 Å². The van der Waals surface area contributed by atoms with E-state index < -0.39 is 11.9 Å². The van der Waals surface area contributed by atoms with Crippen LogP contribution < -0.4 is 11.5 Å². The van der Waals surface area contributed by atoms with Crippen LogP contribution in [0.1, 0.15) is 17.8 Å². The Bertz CT molecular complexity index is 447. The number of aryl methyl sites for hydroxylation is 1. The second kappa shape index (κ2) is 6.11. The summed E-state index contributed by atoms with van der Waals surface area (Å²) in [5.74, 6) is -0.907. The molecule has 0 saturated carbocycles. The fraction of sp³-hybridized carbons (Fsp3) is 0.417. The van der Waals surface area contributed by atoms with Gasteiger partial charge in [0.25, 0.3) is 0 Å². The average Bonchev–Trinajstić information content (AvgIpc) is 2.27.